The maximum Gasteiger partial charge on any atom is 0.236 e. The van der Waals surface area contributed by atoms with Gasteiger partial charge < -0.3 is 15.5 Å². The number of hydrogen-bond acceptors (Lipinski definition) is 4. The number of hydrogen-bond donors (Lipinski definition) is 1. The molecular weight excluding hydrogens is 304 g/mol. The summed E-state index contributed by atoms with van der Waals surface area (Å²) in [5.74, 6) is -0.202. The van der Waals surface area contributed by atoms with Crippen LogP contribution in [0, 0.1) is 0 Å². The fourth-order valence-corrected chi connectivity index (χ4v) is 3.63. The Kier molecular flexibility index (Phi) is 5.35. The predicted molar refractivity (Wildman–Crippen MR) is 93.6 cm³/mol. The van der Waals surface area contributed by atoms with Gasteiger partial charge in [-0.05, 0) is 31.5 Å². The SMILES string of the molecule is NC(=O)C1CCCCN1CC(=O)N1CCN(c2ccccc2)CC1. The van der Waals surface area contributed by atoms with Crippen LogP contribution in [0.1, 0.15) is 19.3 Å². The number of primary amides is 1. The van der Waals surface area contributed by atoms with Crippen molar-refractivity contribution < 1.29 is 9.59 Å². The number of piperidine rings is 1. The molecule has 2 aliphatic rings. The van der Waals surface area contributed by atoms with Gasteiger partial charge in [0, 0.05) is 31.9 Å². The zero-order valence-electron chi connectivity index (χ0n) is 14.1. The molecule has 1 atom stereocenters. The van der Waals surface area contributed by atoms with E-state index in [1.807, 2.05) is 28.0 Å². The summed E-state index contributed by atoms with van der Waals surface area (Å²) in [7, 11) is 0. The van der Waals surface area contributed by atoms with Gasteiger partial charge in [-0.2, -0.15) is 0 Å². The molecule has 1 unspecified atom stereocenters. The molecule has 1 aromatic carbocycles. The van der Waals surface area contributed by atoms with Crippen molar-refractivity contribution in [1.82, 2.24) is 9.80 Å². The second-order valence-corrected chi connectivity index (χ2v) is 6.59. The van der Waals surface area contributed by atoms with E-state index in [-0.39, 0.29) is 17.9 Å². The van der Waals surface area contributed by atoms with Crippen LogP contribution in [0.5, 0.6) is 0 Å². The summed E-state index contributed by atoms with van der Waals surface area (Å²) in [6.07, 6.45) is 2.80. The Labute approximate surface area is 143 Å². The van der Waals surface area contributed by atoms with Crippen molar-refractivity contribution in [3.8, 4) is 0 Å². The Balaban J connectivity index is 1.52. The van der Waals surface area contributed by atoms with Gasteiger partial charge >= 0.3 is 0 Å². The van der Waals surface area contributed by atoms with Gasteiger partial charge in [0.05, 0.1) is 12.6 Å². The standard InChI is InChI=1S/C18H26N4O2/c19-18(24)16-8-4-5-9-22(16)14-17(23)21-12-10-20(11-13-21)15-6-2-1-3-7-15/h1-3,6-7,16H,4-5,8-14H2,(H2,19,24). The molecule has 0 saturated carbocycles. The number of amides is 2. The van der Waals surface area contributed by atoms with Crippen LogP contribution in [0.15, 0.2) is 30.3 Å². The highest BCUT2D eigenvalue weighted by atomic mass is 16.2. The molecule has 1 aromatic rings. The molecule has 3 rings (SSSR count). The molecule has 130 valence electrons. The number of carbonyl (C=O) groups excluding carboxylic acids is 2. The third-order valence-corrected chi connectivity index (χ3v) is 5.03. The molecule has 6 heteroatoms. The summed E-state index contributed by atoms with van der Waals surface area (Å²) in [4.78, 5) is 30.3. The molecule has 2 N–H and O–H groups in total. The third-order valence-electron chi connectivity index (χ3n) is 5.03. The minimum atomic E-state index is -0.309. The fraction of sp³-hybridized carbons (Fsp3) is 0.556. The molecular formula is C18H26N4O2. The Morgan fingerprint density at radius 1 is 1.00 bits per heavy atom. The number of nitrogens with zero attached hydrogens (tertiary/aromatic N) is 3. The lowest BCUT2D eigenvalue weighted by molar-refractivity contribution is -0.135. The number of piperazine rings is 1. The zero-order valence-corrected chi connectivity index (χ0v) is 14.1. The van der Waals surface area contributed by atoms with E-state index in [1.54, 1.807) is 0 Å². The van der Waals surface area contributed by atoms with Crippen molar-refractivity contribution in [2.75, 3.05) is 44.2 Å². The average molecular weight is 330 g/mol. The van der Waals surface area contributed by atoms with Crippen LogP contribution >= 0.6 is 0 Å². The summed E-state index contributed by atoms with van der Waals surface area (Å²) < 4.78 is 0. The van der Waals surface area contributed by atoms with Crippen LogP contribution in [-0.4, -0.2) is 66.9 Å². The smallest absolute Gasteiger partial charge is 0.236 e. The first-order chi connectivity index (χ1) is 11.6. The molecule has 2 heterocycles. The van der Waals surface area contributed by atoms with E-state index in [9.17, 15) is 9.59 Å². The lowest BCUT2D eigenvalue weighted by atomic mass is 10.0. The molecule has 0 spiro atoms. The third kappa shape index (κ3) is 3.87. The van der Waals surface area contributed by atoms with Crippen LogP contribution in [-0.2, 0) is 9.59 Å². The Hall–Kier alpha value is -2.08. The number of likely N-dealkylation sites (tertiary alicyclic amines) is 1. The van der Waals surface area contributed by atoms with Crippen molar-refractivity contribution in [2.24, 2.45) is 5.73 Å². The van der Waals surface area contributed by atoms with Crippen molar-refractivity contribution >= 4 is 17.5 Å². The van der Waals surface area contributed by atoms with E-state index in [0.717, 1.165) is 52.0 Å². The first-order valence-electron chi connectivity index (χ1n) is 8.76. The molecule has 6 nitrogen and oxygen atoms in total. The quantitative estimate of drug-likeness (QED) is 0.881. The maximum atomic E-state index is 12.6. The summed E-state index contributed by atoms with van der Waals surface area (Å²) in [5.41, 5.74) is 6.69. The summed E-state index contributed by atoms with van der Waals surface area (Å²) in [5, 5.41) is 0. The van der Waals surface area contributed by atoms with Crippen LogP contribution in [0.25, 0.3) is 0 Å². The van der Waals surface area contributed by atoms with Crippen molar-refractivity contribution in [1.29, 1.82) is 0 Å². The Bertz CT molecular complexity index is 570. The number of para-hydroxylation sites is 1. The minimum Gasteiger partial charge on any atom is -0.368 e. The van der Waals surface area contributed by atoms with Gasteiger partial charge in [0.1, 0.15) is 0 Å². The first kappa shape index (κ1) is 16.8. The molecule has 0 bridgehead atoms. The number of rotatable bonds is 4. The van der Waals surface area contributed by atoms with E-state index in [1.165, 1.54) is 5.69 Å². The fourth-order valence-electron chi connectivity index (χ4n) is 3.63. The first-order valence-corrected chi connectivity index (χ1v) is 8.76. The zero-order chi connectivity index (χ0) is 16.9. The highest BCUT2D eigenvalue weighted by Crippen LogP contribution is 2.18. The van der Waals surface area contributed by atoms with Crippen LogP contribution < -0.4 is 10.6 Å². The summed E-state index contributed by atoms with van der Waals surface area (Å²) in [6.45, 7) is 4.22. The number of benzene rings is 1. The second kappa shape index (κ2) is 7.66. The topological polar surface area (TPSA) is 69.9 Å². The molecule has 0 radical (unpaired) electrons. The summed E-state index contributed by atoms with van der Waals surface area (Å²) >= 11 is 0. The molecule has 0 aromatic heterocycles. The van der Waals surface area contributed by atoms with Crippen LogP contribution in [0.3, 0.4) is 0 Å². The van der Waals surface area contributed by atoms with Crippen LogP contribution in [0.2, 0.25) is 0 Å². The van der Waals surface area contributed by atoms with Crippen molar-refractivity contribution in [3.63, 3.8) is 0 Å². The molecule has 2 saturated heterocycles. The number of carbonyl (C=O) groups is 2. The lowest BCUT2D eigenvalue weighted by Crippen LogP contribution is -2.55. The van der Waals surface area contributed by atoms with Gasteiger partial charge in [0.15, 0.2) is 0 Å². The van der Waals surface area contributed by atoms with Crippen molar-refractivity contribution in [2.45, 2.75) is 25.3 Å². The average Bonchev–Trinajstić information content (AvgIpc) is 2.63. The lowest BCUT2D eigenvalue weighted by Gasteiger charge is -2.38. The normalized spacial score (nSPS) is 22.4. The van der Waals surface area contributed by atoms with Gasteiger partial charge in [0.2, 0.25) is 11.8 Å². The highest BCUT2D eigenvalue weighted by Gasteiger charge is 2.30. The molecule has 2 amide bonds. The predicted octanol–water partition coefficient (Wildman–Crippen LogP) is 0.675. The monoisotopic (exact) mass is 330 g/mol. The molecule has 2 fully saturated rings. The second-order valence-electron chi connectivity index (χ2n) is 6.59. The van der Waals surface area contributed by atoms with Gasteiger partial charge in [-0.3, -0.25) is 14.5 Å². The largest absolute Gasteiger partial charge is 0.368 e. The highest BCUT2D eigenvalue weighted by molar-refractivity contribution is 5.82. The minimum absolute atomic E-state index is 0.107. The maximum absolute atomic E-state index is 12.6. The molecule has 2 aliphatic heterocycles. The number of nitrogens with two attached hydrogens (primary N) is 1. The molecule has 24 heavy (non-hydrogen) atoms. The van der Waals surface area contributed by atoms with Gasteiger partial charge in [0.25, 0.3) is 0 Å². The van der Waals surface area contributed by atoms with E-state index in [4.69, 9.17) is 5.73 Å². The van der Waals surface area contributed by atoms with E-state index < -0.39 is 0 Å². The van der Waals surface area contributed by atoms with E-state index >= 15 is 0 Å². The van der Waals surface area contributed by atoms with Gasteiger partial charge in [-0.15, -0.1) is 0 Å². The van der Waals surface area contributed by atoms with Crippen LogP contribution in [0.4, 0.5) is 5.69 Å². The molecule has 0 aliphatic carbocycles. The van der Waals surface area contributed by atoms with E-state index in [0.29, 0.717) is 6.54 Å². The van der Waals surface area contributed by atoms with Crippen molar-refractivity contribution in [3.05, 3.63) is 30.3 Å². The van der Waals surface area contributed by atoms with E-state index in [2.05, 4.69) is 17.0 Å². The number of anilines is 1. The van der Waals surface area contributed by atoms with Gasteiger partial charge in [-0.1, -0.05) is 24.6 Å². The Morgan fingerprint density at radius 2 is 1.71 bits per heavy atom. The Morgan fingerprint density at radius 3 is 2.38 bits per heavy atom. The summed E-state index contributed by atoms with van der Waals surface area (Å²) in [6, 6.07) is 10.00. The van der Waals surface area contributed by atoms with Gasteiger partial charge in [-0.25, -0.2) is 0 Å².